The molecule has 0 aliphatic carbocycles. The number of amides is 1. The van der Waals surface area contributed by atoms with Crippen molar-refractivity contribution in [3.63, 3.8) is 0 Å². The maximum Gasteiger partial charge on any atom is 0.325 e. The van der Waals surface area contributed by atoms with Crippen LogP contribution < -0.4 is 10.1 Å². The lowest BCUT2D eigenvalue weighted by molar-refractivity contribution is -0.144. The zero-order valence-electron chi connectivity index (χ0n) is 16.2. The van der Waals surface area contributed by atoms with Gasteiger partial charge in [0.1, 0.15) is 12.3 Å². The second-order valence-corrected chi connectivity index (χ2v) is 6.10. The Morgan fingerprint density at radius 2 is 1.86 bits per heavy atom. The lowest BCUT2D eigenvalue weighted by Crippen LogP contribution is -2.30. The van der Waals surface area contributed by atoms with E-state index in [9.17, 15) is 9.59 Å². The number of hydrogen-bond acceptors (Lipinski definition) is 7. The molecule has 0 fully saturated rings. The summed E-state index contributed by atoms with van der Waals surface area (Å²) in [5.41, 5.74) is 2.20. The number of nitrogens with zero attached hydrogens (tertiary/aromatic N) is 2. The number of nitrogens with one attached hydrogen (secondary N) is 1. The van der Waals surface area contributed by atoms with E-state index in [4.69, 9.17) is 14.0 Å². The van der Waals surface area contributed by atoms with Crippen molar-refractivity contribution in [3.05, 3.63) is 65.5 Å². The predicted molar refractivity (Wildman–Crippen MR) is 104 cm³/mol. The summed E-state index contributed by atoms with van der Waals surface area (Å²) in [6, 6.07) is 14.4. The van der Waals surface area contributed by atoms with Gasteiger partial charge in [-0.05, 0) is 31.5 Å². The predicted octanol–water partition coefficient (Wildman–Crippen LogP) is 2.92. The van der Waals surface area contributed by atoms with Crippen molar-refractivity contribution in [1.29, 1.82) is 0 Å². The Labute approximate surface area is 167 Å². The van der Waals surface area contributed by atoms with Crippen molar-refractivity contribution in [2.24, 2.45) is 0 Å². The first-order valence-corrected chi connectivity index (χ1v) is 9.12. The summed E-state index contributed by atoms with van der Waals surface area (Å²) >= 11 is 0. The van der Waals surface area contributed by atoms with Gasteiger partial charge in [-0.2, -0.15) is 4.98 Å². The molecule has 8 nitrogen and oxygen atoms in total. The molecule has 1 N–H and O–H groups in total. The van der Waals surface area contributed by atoms with Crippen LogP contribution in [0.5, 0.6) is 5.75 Å². The molecule has 0 saturated carbocycles. The van der Waals surface area contributed by atoms with Gasteiger partial charge >= 0.3 is 5.97 Å². The minimum Gasteiger partial charge on any atom is -0.493 e. The van der Waals surface area contributed by atoms with Gasteiger partial charge in [0, 0.05) is 5.56 Å². The van der Waals surface area contributed by atoms with Crippen LogP contribution in [0.15, 0.2) is 53.1 Å². The highest BCUT2D eigenvalue weighted by molar-refractivity contribution is 5.98. The van der Waals surface area contributed by atoms with Crippen LogP contribution in [0.25, 0.3) is 11.4 Å². The molecule has 0 unspecified atom stereocenters. The van der Waals surface area contributed by atoms with E-state index in [1.165, 1.54) is 0 Å². The molecule has 0 saturated heterocycles. The van der Waals surface area contributed by atoms with Gasteiger partial charge in [-0.25, -0.2) is 0 Å². The van der Waals surface area contributed by atoms with Crippen molar-refractivity contribution in [2.75, 3.05) is 13.2 Å². The third-order valence-corrected chi connectivity index (χ3v) is 4.04. The summed E-state index contributed by atoms with van der Waals surface area (Å²) in [7, 11) is 0. The van der Waals surface area contributed by atoms with E-state index in [0.29, 0.717) is 23.7 Å². The Kier molecular flexibility index (Phi) is 6.57. The number of ether oxygens (including phenoxy) is 2. The van der Waals surface area contributed by atoms with Crippen molar-refractivity contribution in [1.82, 2.24) is 15.5 Å². The van der Waals surface area contributed by atoms with Gasteiger partial charge in [-0.3, -0.25) is 9.59 Å². The average Bonchev–Trinajstić information content (AvgIpc) is 3.20. The van der Waals surface area contributed by atoms with E-state index < -0.39 is 11.9 Å². The van der Waals surface area contributed by atoms with Gasteiger partial charge < -0.3 is 19.3 Å². The highest BCUT2D eigenvalue weighted by Crippen LogP contribution is 2.20. The summed E-state index contributed by atoms with van der Waals surface area (Å²) in [6.07, 6.45) is 0. The number of aryl methyl sites for hydroxylation is 1. The summed E-state index contributed by atoms with van der Waals surface area (Å²) in [6.45, 7) is 3.73. The fraction of sp³-hybridized carbons (Fsp3) is 0.238. The molecule has 1 amide bonds. The molecular formula is C21H21N3O5. The number of aromatic nitrogens is 2. The van der Waals surface area contributed by atoms with Crippen molar-refractivity contribution >= 4 is 11.9 Å². The first kappa shape index (κ1) is 20.1. The quantitative estimate of drug-likeness (QED) is 0.585. The average molecular weight is 395 g/mol. The number of hydrogen-bond donors (Lipinski definition) is 1. The third-order valence-electron chi connectivity index (χ3n) is 4.04. The number of carbonyl (C=O) groups excluding carboxylic acids is 2. The molecule has 3 aromatic rings. The smallest absolute Gasteiger partial charge is 0.325 e. The molecule has 29 heavy (non-hydrogen) atoms. The SMILES string of the molecule is CCOc1ccccc1C(=O)NCC(=O)OCc1nc(-c2ccccc2C)no1. The van der Waals surface area contributed by atoms with Crippen LogP contribution in [-0.4, -0.2) is 35.2 Å². The Balaban J connectivity index is 1.51. The maximum absolute atomic E-state index is 12.3. The van der Waals surface area contributed by atoms with Crippen LogP contribution >= 0.6 is 0 Å². The van der Waals surface area contributed by atoms with Gasteiger partial charge in [-0.15, -0.1) is 0 Å². The van der Waals surface area contributed by atoms with Crippen molar-refractivity contribution in [2.45, 2.75) is 20.5 Å². The van der Waals surface area contributed by atoms with E-state index in [1.807, 2.05) is 38.1 Å². The van der Waals surface area contributed by atoms with E-state index in [1.54, 1.807) is 24.3 Å². The van der Waals surface area contributed by atoms with E-state index in [-0.39, 0.29) is 19.0 Å². The van der Waals surface area contributed by atoms with Crippen LogP contribution in [0.3, 0.4) is 0 Å². The molecule has 150 valence electrons. The van der Waals surface area contributed by atoms with Crippen LogP contribution in [0.4, 0.5) is 0 Å². The molecule has 0 aliphatic rings. The standard InChI is InChI=1S/C21H21N3O5/c1-3-27-17-11-7-6-10-16(17)21(26)22-12-19(25)28-13-18-23-20(24-29-18)15-9-5-4-8-14(15)2/h4-11H,3,12-13H2,1-2H3,(H,22,26). The summed E-state index contributed by atoms with van der Waals surface area (Å²) in [4.78, 5) is 28.4. The summed E-state index contributed by atoms with van der Waals surface area (Å²) in [5, 5.41) is 6.42. The van der Waals surface area contributed by atoms with E-state index in [2.05, 4.69) is 15.5 Å². The molecule has 0 bridgehead atoms. The first-order valence-electron chi connectivity index (χ1n) is 9.12. The normalized spacial score (nSPS) is 10.4. The van der Waals surface area contributed by atoms with Gasteiger partial charge in [0.2, 0.25) is 5.82 Å². The number of benzene rings is 2. The topological polar surface area (TPSA) is 104 Å². The molecule has 0 spiro atoms. The third kappa shape index (κ3) is 5.19. The molecule has 8 heteroatoms. The monoisotopic (exact) mass is 395 g/mol. The second-order valence-electron chi connectivity index (χ2n) is 6.10. The Morgan fingerprint density at radius 3 is 2.66 bits per heavy atom. The van der Waals surface area contributed by atoms with Crippen molar-refractivity contribution < 1.29 is 23.6 Å². The summed E-state index contributed by atoms with van der Waals surface area (Å²) in [5.74, 6) is 0.00331. The zero-order chi connectivity index (χ0) is 20.6. The molecule has 1 heterocycles. The molecule has 0 radical (unpaired) electrons. The van der Waals surface area contributed by atoms with Crippen LogP contribution in [-0.2, 0) is 16.1 Å². The number of para-hydroxylation sites is 1. The number of esters is 1. The molecule has 2 aromatic carbocycles. The lowest BCUT2D eigenvalue weighted by atomic mass is 10.1. The van der Waals surface area contributed by atoms with E-state index >= 15 is 0 Å². The van der Waals surface area contributed by atoms with Gasteiger partial charge in [0.25, 0.3) is 11.8 Å². The minimum atomic E-state index is -0.622. The lowest BCUT2D eigenvalue weighted by Gasteiger charge is -2.10. The maximum atomic E-state index is 12.3. The van der Waals surface area contributed by atoms with Crippen LogP contribution in [0.2, 0.25) is 0 Å². The summed E-state index contributed by atoms with van der Waals surface area (Å²) < 4.78 is 15.6. The number of rotatable bonds is 8. The second kappa shape index (κ2) is 9.50. The van der Waals surface area contributed by atoms with Gasteiger partial charge in [-0.1, -0.05) is 41.6 Å². The van der Waals surface area contributed by atoms with Crippen LogP contribution in [0.1, 0.15) is 28.7 Å². The highest BCUT2D eigenvalue weighted by Gasteiger charge is 2.15. The van der Waals surface area contributed by atoms with Gasteiger partial charge in [0.05, 0.1) is 12.2 Å². The highest BCUT2D eigenvalue weighted by atomic mass is 16.6. The Bertz CT molecular complexity index is 999. The zero-order valence-corrected chi connectivity index (χ0v) is 16.2. The van der Waals surface area contributed by atoms with Crippen LogP contribution in [0, 0.1) is 6.92 Å². The first-order chi connectivity index (χ1) is 14.1. The number of carbonyl (C=O) groups is 2. The Hall–Kier alpha value is -3.68. The fourth-order valence-electron chi connectivity index (χ4n) is 2.62. The molecular weight excluding hydrogens is 374 g/mol. The molecule has 0 atom stereocenters. The van der Waals surface area contributed by atoms with E-state index in [0.717, 1.165) is 11.1 Å². The molecule has 3 rings (SSSR count). The molecule has 1 aromatic heterocycles. The fourth-order valence-corrected chi connectivity index (χ4v) is 2.62. The Morgan fingerprint density at radius 1 is 1.10 bits per heavy atom. The largest absolute Gasteiger partial charge is 0.493 e. The van der Waals surface area contributed by atoms with Gasteiger partial charge in [0.15, 0.2) is 6.61 Å². The molecule has 0 aliphatic heterocycles. The van der Waals surface area contributed by atoms with Crippen molar-refractivity contribution in [3.8, 4) is 17.1 Å². The minimum absolute atomic E-state index is 0.171.